The summed E-state index contributed by atoms with van der Waals surface area (Å²) < 4.78 is 15.5. The van der Waals surface area contributed by atoms with Crippen molar-refractivity contribution in [3.8, 4) is 6.07 Å². The Kier molecular flexibility index (Phi) is 4.47. The highest BCUT2D eigenvalue weighted by Crippen LogP contribution is 2.25. The highest BCUT2D eigenvalue weighted by molar-refractivity contribution is 6.04. The van der Waals surface area contributed by atoms with Crippen LogP contribution in [-0.4, -0.2) is 16.5 Å². The molecule has 2 aromatic carbocycles. The molecule has 0 unspecified atom stereocenters. The predicted octanol–water partition coefficient (Wildman–Crippen LogP) is 4.01. The van der Waals surface area contributed by atoms with Crippen LogP contribution in [0, 0.1) is 17.1 Å². The van der Waals surface area contributed by atoms with Crippen LogP contribution in [0.15, 0.2) is 60.3 Å². The first-order valence-corrected chi connectivity index (χ1v) is 8.89. The SMILES string of the molecule is N#CC(=Cc1cn(Cc2cccc(F)c2)c2ccccc12)C(=O)NC1CC1. The molecule has 1 N–H and O–H groups in total. The third kappa shape index (κ3) is 3.75. The van der Waals surface area contributed by atoms with E-state index in [0.717, 1.165) is 34.9 Å². The Morgan fingerprint density at radius 3 is 2.81 bits per heavy atom. The van der Waals surface area contributed by atoms with Gasteiger partial charge in [-0.1, -0.05) is 30.3 Å². The summed E-state index contributed by atoms with van der Waals surface area (Å²) in [5.74, 6) is -0.602. The molecule has 1 amide bonds. The molecule has 134 valence electrons. The number of carbonyl (C=O) groups is 1. The molecular weight excluding hydrogens is 341 g/mol. The number of carbonyl (C=O) groups excluding carboxylic acids is 1. The van der Waals surface area contributed by atoms with Crippen molar-refractivity contribution >= 4 is 22.9 Å². The van der Waals surface area contributed by atoms with Crippen LogP contribution in [0.5, 0.6) is 0 Å². The zero-order valence-electron chi connectivity index (χ0n) is 14.7. The van der Waals surface area contributed by atoms with Crippen LogP contribution >= 0.6 is 0 Å². The molecule has 4 rings (SSSR count). The molecule has 0 bridgehead atoms. The van der Waals surface area contributed by atoms with Crippen molar-refractivity contribution in [1.82, 2.24) is 9.88 Å². The Bertz CT molecular complexity index is 1090. The zero-order chi connectivity index (χ0) is 18.8. The van der Waals surface area contributed by atoms with Crippen molar-refractivity contribution in [2.45, 2.75) is 25.4 Å². The van der Waals surface area contributed by atoms with E-state index in [9.17, 15) is 14.4 Å². The molecule has 1 aliphatic carbocycles. The second-order valence-corrected chi connectivity index (χ2v) is 6.78. The van der Waals surface area contributed by atoms with Crippen LogP contribution < -0.4 is 5.32 Å². The molecule has 0 radical (unpaired) electrons. The fourth-order valence-corrected chi connectivity index (χ4v) is 3.15. The normalized spacial score (nSPS) is 14.1. The van der Waals surface area contributed by atoms with Gasteiger partial charge in [-0.2, -0.15) is 5.26 Å². The summed E-state index contributed by atoms with van der Waals surface area (Å²) in [6.45, 7) is 0.502. The van der Waals surface area contributed by atoms with Crippen molar-refractivity contribution in [2.24, 2.45) is 0 Å². The number of hydrogen-bond donors (Lipinski definition) is 1. The summed E-state index contributed by atoms with van der Waals surface area (Å²) in [6.07, 6.45) is 5.47. The predicted molar refractivity (Wildman–Crippen MR) is 102 cm³/mol. The zero-order valence-corrected chi connectivity index (χ0v) is 14.7. The average Bonchev–Trinajstić information content (AvgIpc) is 3.41. The minimum Gasteiger partial charge on any atom is -0.349 e. The van der Waals surface area contributed by atoms with Crippen LogP contribution in [0.4, 0.5) is 4.39 Å². The summed E-state index contributed by atoms with van der Waals surface area (Å²) in [5, 5.41) is 13.2. The number of para-hydroxylation sites is 1. The summed E-state index contributed by atoms with van der Waals surface area (Å²) in [6, 6.07) is 16.5. The summed E-state index contributed by atoms with van der Waals surface area (Å²) in [7, 11) is 0. The molecule has 1 aliphatic rings. The third-order valence-corrected chi connectivity index (χ3v) is 4.64. The van der Waals surface area contributed by atoms with E-state index >= 15 is 0 Å². The van der Waals surface area contributed by atoms with E-state index in [1.807, 2.05) is 47.2 Å². The molecule has 4 nitrogen and oxygen atoms in total. The Hall–Kier alpha value is -3.39. The van der Waals surface area contributed by atoms with Crippen molar-refractivity contribution < 1.29 is 9.18 Å². The van der Waals surface area contributed by atoms with E-state index in [0.29, 0.717) is 6.54 Å². The first-order valence-electron chi connectivity index (χ1n) is 8.89. The van der Waals surface area contributed by atoms with Crippen molar-refractivity contribution in [3.63, 3.8) is 0 Å². The standard InChI is InChI=1S/C22H18FN3O/c23-18-5-3-4-15(10-18)13-26-14-17(20-6-1-2-7-21(20)26)11-16(12-24)22(27)25-19-8-9-19/h1-7,10-11,14,19H,8-9,13H2,(H,25,27). The van der Waals surface area contributed by atoms with Gasteiger partial charge < -0.3 is 9.88 Å². The molecule has 1 saturated carbocycles. The van der Waals surface area contributed by atoms with Crippen molar-refractivity contribution in [2.75, 3.05) is 0 Å². The first-order chi connectivity index (χ1) is 13.1. The fourth-order valence-electron chi connectivity index (χ4n) is 3.15. The Morgan fingerprint density at radius 1 is 1.26 bits per heavy atom. The maximum Gasteiger partial charge on any atom is 0.262 e. The number of halogens is 1. The number of nitriles is 1. The molecule has 0 spiro atoms. The molecule has 5 heteroatoms. The van der Waals surface area contributed by atoms with E-state index < -0.39 is 0 Å². The monoisotopic (exact) mass is 359 g/mol. The van der Waals surface area contributed by atoms with Gasteiger partial charge in [0.1, 0.15) is 17.5 Å². The van der Waals surface area contributed by atoms with E-state index in [2.05, 4.69) is 5.32 Å². The molecule has 0 aliphatic heterocycles. The van der Waals surface area contributed by atoms with Gasteiger partial charge in [0.05, 0.1) is 0 Å². The van der Waals surface area contributed by atoms with E-state index in [1.54, 1.807) is 12.1 Å². The van der Waals surface area contributed by atoms with Crippen LogP contribution in [0.1, 0.15) is 24.0 Å². The van der Waals surface area contributed by atoms with E-state index in [-0.39, 0.29) is 23.3 Å². The third-order valence-electron chi connectivity index (χ3n) is 4.64. The lowest BCUT2D eigenvalue weighted by Crippen LogP contribution is -2.26. The Balaban J connectivity index is 1.72. The minimum atomic E-state index is -0.332. The van der Waals surface area contributed by atoms with Crippen LogP contribution in [0.3, 0.4) is 0 Å². The number of fused-ring (bicyclic) bond motifs is 1. The smallest absolute Gasteiger partial charge is 0.262 e. The molecule has 27 heavy (non-hydrogen) atoms. The number of rotatable bonds is 5. The molecule has 1 aromatic heterocycles. The Labute approximate surface area is 156 Å². The second-order valence-electron chi connectivity index (χ2n) is 6.78. The number of hydrogen-bond acceptors (Lipinski definition) is 2. The topological polar surface area (TPSA) is 57.8 Å². The van der Waals surface area contributed by atoms with E-state index in [1.165, 1.54) is 12.1 Å². The Morgan fingerprint density at radius 2 is 2.07 bits per heavy atom. The van der Waals surface area contributed by atoms with Gasteiger partial charge >= 0.3 is 0 Å². The van der Waals surface area contributed by atoms with Crippen LogP contribution in [-0.2, 0) is 11.3 Å². The number of nitrogens with one attached hydrogen (secondary N) is 1. The highest BCUT2D eigenvalue weighted by Gasteiger charge is 2.24. The first kappa shape index (κ1) is 17.0. The average molecular weight is 359 g/mol. The van der Waals surface area contributed by atoms with E-state index in [4.69, 9.17) is 0 Å². The molecular formula is C22H18FN3O. The maximum absolute atomic E-state index is 13.5. The van der Waals surface area contributed by atoms with Gasteiger partial charge in [-0.15, -0.1) is 0 Å². The lowest BCUT2D eigenvalue weighted by atomic mass is 10.1. The van der Waals surface area contributed by atoms with Gasteiger partial charge in [0.15, 0.2) is 0 Å². The highest BCUT2D eigenvalue weighted by atomic mass is 19.1. The van der Waals surface area contributed by atoms with Crippen molar-refractivity contribution in [3.05, 3.63) is 77.2 Å². The number of nitrogens with zero attached hydrogens (tertiary/aromatic N) is 2. The largest absolute Gasteiger partial charge is 0.349 e. The second kappa shape index (κ2) is 7.08. The molecule has 0 atom stereocenters. The quantitative estimate of drug-likeness (QED) is 0.553. The lowest BCUT2D eigenvalue weighted by Gasteiger charge is -2.05. The van der Waals surface area contributed by atoms with Gasteiger partial charge in [-0.25, -0.2) is 4.39 Å². The summed E-state index contributed by atoms with van der Waals surface area (Å²) in [5.41, 5.74) is 2.70. The van der Waals surface area contributed by atoms with Gasteiger partial charge in [0.2, 0.25) is 0 Å². The van der Waals surface area contributed by atoms with Gasteiger partial charge in [0, 0.05) is 35.2 Å². The van der Waals surface area contributed by atoms with Gasteiger partial charge in [0.25, 0.3) is 5.91 Å². The van der Waals surface area contributed by atoms with Gasteiger partial charge in [-0.05, 0) is 42.7 Å². The van der Waals surface area contributed by atoms with Gasteiger partial charge in [-0.3, -0.25) is 4.79 Å². The van der Waals surface area contributed by atoms with Crippen LogP contribution in [0.2, 0.25) is 0 Å². The number of amides is 1. The molecule has 0 saturated heterocycles. The molecule has 1 fully saturated rings. The number of benzene rings is 2. The number of aromatic nitrogens is 1. The molecule has 1 heterocycles. The fraction of sp³-hybridized carbons (Fsp3) is 0.182. The minimum absolute atomic E-state index is 0.0931. The van der Waals surface area contributed by atoms with Crippen molar-refractivity contribution in [1.29, 1.82) is 5.26 Å². The maximum atomic E-state index is 13.5. The molecule has 3 aromatic rings. The van der Waals surface area contributed by atoms with Crippen LogP contribution in [0.25, 0.3) is 17.0 Å². The summed E-state index contributed by atoms with van der Waals surface area (Å²) in [4.78, 5) is 12.3. The summed E-state index contributed by atoms with van der Waals surface area (Å²) >= 11 is 0. The lowest BCUT2D eigenvalue weighted by molar-refractivity contribution is -0.117.